The lowest BCUT2D eigenvalue weighted by atomic mass is 10.1. The molecule has 0 aromatic heterocycles. The Morgan fingerprint density at radius 1 is 1.18 bits per heavy atom. The molecule has 0 fully saturated rings. The van der Waals surface area contributed by atoms with Crippen molar-refractivity contribution in [3.05, 3.63) is 29.8 Å². The third kappa shape index (κ3) is 4.45. The zero-order chi connectivity index (χ0) is 16.9. The van der Waals surface area contributed by atoms with Gasteiger partial charge in [0.05, 0.1) is 5.69 Å². The van der Waals surface area contributed by atoms with Crippen molar-refractivity contribution in [2.24, 2.45) is 0 Å². The van der Waals surface area contributed by atoms with E-state index in [1.165, 1.54) is 25.4 Å². The summed E-state index contributed by atoms with van der Waals surface area (Å²) in [6, 6.07) is 6.63. The van der Waals surface area contributed by atoms with Gasteiger partial charge in [-0.15, -0.1) is 0 Å². The standard InChI is InChI=1S/C15H25N3O3S/c1-6-7-12(2)16-15(19)13-8-10-14(11-9-13)18(5)22(20,21)17(3)4/h8-12H,6-7H2,1-5H3,(H,16,19)/t12-/m0/s1. The van der Waals surface area contributed by atoms with Crippen LogP contribution in [0, 0.1) is 0 Å². The highest BCUT2D eigenvalue weighted by Gasteiger charge is 2.21. The maximum Gasteiger partial charge on any atom is 0.303 e. The highest BCUT2D eigenvalue weighted by atomic mass is 32.2. The summed E-state index contributed by atoms with van der Waals surface area (Å²) in [5.41, 5.74) is 1.02. The Kier molecular flexibility index (Phi) is 6.37. The molecule has 1 rings (SSSR count). The van der Waals surface area contributed by atoms with Crippen molar-refractivity contribution < 1.29 is 13.2 Å². The Hall–Kier alpha value is -1.60. The maximum absolute atomic E-state index is 12.1. The minimum Gasteiger partial charge on any atom is -0.350 e. The Morgan fingerprint density at radius 2 is 1.73 bits per heavy atom. The van der Waals surface area contributed by atoms with Gasteiger partial charge in [0.2, 0.25) is 0 Å². The van der Waals surface area contributed by atoms with Crippen LogP contribution in [-0.4, -0.2) is 45.8 Å². The molecular weight excluding hydrogens is 302 g/mol. The first kappa shape index (κ1) is 18.4. The third-order valence-electron chi connectivity index (χ3n) is 3.40. The van der Waals surface area contributed by atoms with Crippen LogP contribution in [0.5, 0.6) is 0 Å². The van der Waals surface area contributed by atoms with Gasteiger partial charge in [0, 0.05) is 32.7 Å². The molecule has 124 valence electrons. The molecule has 1 aromatic rings. The zero-order valence-corrected chi connectivity index (χ0v) is 14.6. The van der Waals surface area contributed by atoms with Crippen LogP contribution in [-0.2, 0) is 10.2 Å². The summed E-state index contributed by atoms with van der Waals surface area (Å²) in [6.45, 7) is 4.03. The van der Waals surface area contributed by atoms with Gasteiger partial charge in [-0.2, -0.15) is 12.7 Å². The SMILES string of the molecule is CCC[C@H](C)NC(=O)c1ccc(N(C)S(=O)(=O)N(C)C)cc1. The first-order valence-corrected chi connectivity index (χ1v) is 8.67. The number of carbonyl (C=O) groups excluding carboxylic acids is 1. The number of hydrogen-bond acceptors (Lipinski definition) is 3. The number of carbonyl (C=O) groups is 1. The van der Waals surface area contributed by atoms with E-state index in [2.05, 4.69) is 12.2 Å². The van der Waals surface area contributed by atoms with Gasteiger partial charge in [0.25, 0.3) is 5.91 Å². The highest BCUT2D eigenvalue weighted by Crippen LogP contribution is 2.18. The summed E-state index contributed by atoms with van der Waals surface area (Å²) in [4.78, 5) is 12.1. The molecule has 0 aliphatic rings. The van der Waals surface area contributed by atoms with E-state index in [-0.39, 0.29) is 11.9 Å². The molecule has 0 radical (unpaired) electrons. The van der Waals surface area contributed by atoms with E-state index in [1.54, 1.807) is 24.3 Å². The summed E-state index contributed by atoms with van der Waals surface area (Å²) in [6.07, 6.45) is 1.93. The van der Waals surface area contributed by atoms with E-state index in [0.717, 1.165) is 17.1 Å². The van der Waals surface area contributed by atoms with E-state index in [0.29, 0.717) is 11.3 Å². The lowest BCUT2D eigenvalue weighted by Gasteiger charge is -2.23. The summed E-state index contributed by atoms with van der Waals surface area (Å²) in [5.74, 6) is -0.148. The Balaban J connectivity index is 2.85. The first-order chi connectivity index (χ1) is 10.2. The van der Waals surface area contributed by atoms with Gasteiger partial charge in [0.1, 0.15) is 0 Å². The van der Waals surface area contributed by atoms with Crippen LogP contribution in [0.25, 0.3) is 0 Å². The van der Waals surface area contributed by atoms with Crippen LogP contribution in [0.4, 0.5) is 5.69 Å². The van der Waals surface area contributed by atoms with Gasteiger partial charge in [-0.05, 0) is 37.6 Å². The fraction of sp³-hybridized carbons (Fsp3) is 0.533. The van der Waals surface area contributed by atoms with Crippen LogP contribution in [0.1, 0.15) is 37.0 Å². The molecule has 1 amide bonds. The summed E-state index contributed by atoms with van der Waals surface area (Å²) < 4.78 is 26.4. The third-order valence-corrected chi connectivity index (χ3v) is 5.23. The summed E-state index contributed by atoms with van der Waals surface area (Å²) in [5, 5.41) is 2.92. The van der Waals surface area contributed by atoms with Gasteiger partial charge < -0.3 is 5.32 Å². The molecule has 0 aliphatic heterocycles. The van der Waals surface area contributed by atoms with E-state index >= 15 is 0 Å². The van der Waals surface area contributed by atoms with Crippen molar-refractivity contribution in [3.8, 4) is 0 Å². The number of nitrogens with one attached hydrogen (secondary N) is 1. The smallest absolute Gasteiger partial charge is 0.303 e. The fourth-order valence-corrected chi connectivity index (χ4v) is 2.89. The fourth-order valence-electron chi connectivity index (χ4n) is 2.01. The molecule has 0 saturated heterocycles. The second kappa shape index (κ2) is 7.60. The molecule has 0 heterocycles. The number of hydrogen-bond donors (Lipinski definition) is 1. The first-order valence-electron chi connectivity index (χ1n) is 7.27. The molecule has 0 unspecified atom stereocenters. The maximum atomic E-state index is 12.1. The number of amides is 1. The van der Waals surface area contributed by atoms with E-state index in [1.807, 2.05) is 6.92 Å². The van der Waals surface area contributed by atoms with Crippen molar-refractivity contribution in [2.45, 2.75) is 32.7 Å². The molecule has 1 N–H and O–H groups in total. The van der Waals surface area contributed by atoms with E-state index in [9.17, 15) is 13.2 Å². The molecular formula is C15H25N3O3S. The molecule has 0 saturated carbocycles. The molecule has 7 heteroatoms. The number of rotatable bonds is 7. The molecule has 22 heavy (non-hydrogen) atoms. The predicted octanol–water partition coefficient (Wildman–Crippen LogP) is 1.85. The highest BCUT2D eigenvalue weighted by molar-refractivity contribution is 7.90. The van der Waals surface area contributed by atoms with Crippen molar-refractivity contribution >= 4 is 21.8 Å². The Bertz CT molecular complexity index is 597. The van der Waals surface area contributed by atoms with Crippen LogP contribution in [0.15, 0.2) is 24.3 Å². The van der Waals surface area contributed by atoms with Gasteiger partial charge in [0.15, 0.2) is 0 Å². The minimum absolute atomic E-state index is 0.119. The van der Waals surface area contributed by atoms with E-state index < -0.39 is 10.2 Å². The van der Waals surface area contributed by atoms with Crippen molar-refractivity contribution in [3.63, 3.8) is 0 Å². The molecule has 0 bridgehead atoms. The van der Waals surface area contributed by atoms with Crippen molar-refractivity contribution in [1.29, 1.82) is 0 Å². The topological polar surface area (TPSA) is 69.7 Å². The minimum atomic E-state index is -3.52. The molecule has 0 spiro atoms. The van der Waals surface area contributed by atoms with Crippen LogP contribution in [0.2, 0.25) is 0 Å². The average Bonchev–Trinajstić information content (AvgIpc) is 2.46. The van der Waals surface area contributed by atoms with Crippen LogP contribution < -0.4 is 9.62 Å². The zero-order valence-electron chi connectivity index (χ0n) is 13.8. The lowest BCUT2D eigenvalue weighted by Crippen LogP contribution is -2.37. The molecule has 1 atom stereocenters. The largest absolute Gasteiger partial charge is 0.350 e. The number of benzene rings is 1. The number of nitrogens with zero attached hydrogens (tertiary/aromatic N) is 2. The normalized spacial score (nSPS) is 13.0. The Morgan fingerprint density at radius 3 is 2.18 bits per heavy atom. The summed E-state index contributed by atoms with van der Waals surface area (Å²) in [7, 11) is 0.907. The predicted molar refractivity (Wildman–Crippen MR) is 89.3 cm³/mol. The number of anilines is 1. The molecule has 1 aromatic carbocycles. The molecule has 0 aliphatic carbocycles. The summed E-state index contributed by atoms with van der Waals surface area (Å²) >= 11 is 0. The second-order valence-corrected chi connectivity index (χ2v) is 7.64. The second-order valence-electron chi connectivity index (χ2n) is 5.47. The van der Waals surface area contributed by atoms with Crippen molar-refractivity contribution in [2.75, 3.05) is 25.4 Å². The Labute approximate surface area is 133 Å². The van der Waals surface area contributed by atoms with Gasteiger partial charge in [-0.3, -0.25) is 9.10 Å². The van der Waals surface area contributed by atoms with Gasteiger partial charge in [-0.25, -0.2) is 0 Å². The average molecular weight is 327 g/mol. The molecule has 6 nitrogen and oxygen atoms in total. The quantitative estimate of drug-likeness (QED) is 0.831. The van der Waals surface area contributed by atoms with Crippen LogP contribution in [0.3, 0.4) is 0 Å². The van der Waals surface area contributed by atoms with Gasteiger partial charge in [-0.1, -0.05) is 13.3 Å². The monoisotopic (exact) mass is 327 g/mol. The van der Waals surface area contributed by atoms with Crippen LogP contribution >= 0.6 is 0 Å². The van der Waals surface area contributed by atoms with Gasteiger partial charge >= 0.3 is 10.2 Å². The lowest BCUT2D eigenvalue weighted by molar-refractivity contribution is 0.0938. The van der Waals surface area contributed by atoms with E-state index in [4.69, 9.17) is 0 Å². The van der Waals surface area contributed by atoms with Crippen molar-refractivity contribution in [1.82, 2.24) is 9.62 Å².